The van der Waals surface area contributed by atoms with E-state index in [0.29, 0.717) is 0 Å². The molecule has 0 amide bonds. The highest BCUT2D eigenvalue weighted by Crippen LogP contribution is 2.35. The minimum Gasteiger partial charge on any atom is -0.481 e. The van der Waals surface area contributed by atoms with E-state index in [1.54, 1.807) is 0 Å². The summed E-state index contributed by atoms with van der Waals surface area (Å²) in [6.45, 7) is 5.07. The maximum absolute atomic E-state index is 12.1. The van der Waals surface area contributed by atoms with E-state index in [2.05, 4.69) is 0 Å². The number of aliphatic hydroxyl groups is 2. The van der Waals surface area contributed by atoms with Crippen LogP contribution in [0.4, 0.5) is 0 Å². The standard InChI is InChI=1S/C34H54O18/c1-15(27(37)38)5-21(31(45)46)9-19(10-22(32(47)48)6-16(2)28(39)40)13-25(35)26(36)14-20(11-23(33(49)50)7-17(3)29(41)42)12-24(34(51)52)8-18(4)30(43)44/h15-26,35-36H,5-14H2,1-4H3,(H,37,38)(H,39,40)(H,41,42)(H,43,44)(H,45,46)(H,47,48)(H,49,50)(H,51,52). The zero-order valence-corrected chi connectivity index (χ0v) is 29.7. The van der Waals surface area contributed by atoms with Gasteiger partial charge >= 0.3 is 47.8 Å². The molecule has 0 aromatic heterocycles. The van der Waals surface area contributed by atoms with Crippen molar-refractivity contribution in [1.29, 1.82) is 0 Å². The normalized spacial score (nSPS) is 18.5. The maximum Gasteiger partial charge on any atom is 0.306 e. The molecular weight excluding hydrogens is 696 g/mol. The molecule has 52 heavy (non-hydrogen) atoms. The van der Waals surface area contributed by atoms with Crippen LogP contribution in [0.5, 0.6) is 0 Å². The molecular formula is C34H54O18. The van der Waals surface area contributed by atoms with Gasteiger partial charge in [0.1, 0.15) is 0 Å². The molecule has 0 bridgehead atoms. The van der Waals surface area contributed by atoms with Gasteiger partial charge in [0, 0.05) is 0 Å². The first-order chi connectivity index (χ1) is 23.9. The van der Waals surface area contributed by atoms with Crippen molar-refractivity contribution in [3.05, 3.63) is 0 Å². The smallest absolute Gasteiger partial charge is 0.306 e. The molecule has 0 aliphatic rings. The Morgan fingerprint density at radius 1 is 0.308 bits per heavy atom. The molecule has 0 rings (SSSR count). The van der Waals surface area contributed by atoms with Crippen LogP contribution < -0.4 is 0 Å². The fraction of sp³-hybridized carbons (Fsp3) is 0.765. The van der Waals surface area contributed by atoms with Gasteiger partial charge in [0.15, 0.2) is 0 Å². The summed E-state index contributed by atoms with van der Waals surface area (Å²) in [6.07, 6.45) is -7.42. The van der Waals surface area contributed by atoms with Gasteiger partial charge in [-0.1, -0.05) is 27.7 Å². The molecule has 10 unspecified atom stereocenters. The van der Waals surface area contributed by atoms with Crippen molar-refractivity contribution in [3.63, 3.8) is 0 Å². The molecule has 10 atom stereocenters. The van der Waals surface area contributed by atoms with Gasteiger partial charge < -0.3 is 51.1 Å². The molecule has 10 N–H and O–H groups in total. The summed E-state index contributed by atoms with van der Waals surface area (Å²) >= 11 is 0. The molecule has 0 fully saturated rings. The van der Waals surface area contributed by atoms with Gasteiger partial charge in [0.05, 0.1) is 59.6 Å². The van der Waals surface area contributed by atoms with Crippen LogP contribution >= 0.6 is 0 Å². The zero-order valence-electron chi connectivity index (χ0n) is 29.7. The molecule has 0 spiro atoms. The van der Waals surface area contributed by atoms with Gasteiger partial charge in [-0.25, -0.2) is 0 Å². The molecule has 18 heteroatoms. The summed E-state index contributed by atoms with van der Waals surface area (Å²) in [7, 11) is 0. The minimum absolute atomic E-state index is 0.367. The third-order valence-electron chi connectivity index (χ3n) is 9.70. The van der Waals surface area contributed by atoms with Crippen molar-refractivity contribution >= 4 is 47.8 Å². The van der Waals surface area contributed by atoms with Crippen LogP contribution in [0.15, 0.2) is 0 Å². The highest BCUT2D eigenvalue weighted by atomic mass is 16.4. The fourth-order valence-corrected chi connectivity index (χ4v) is 6.49. The van der Waals surface area contributed by atoms with Crippen molar-refractivity contribution in [2.75, 3.05) is 0 Å². The lowest BCUT2D eigenvalue weighted by molar-refractivity contribution is -0.149. The van der Waals surface area contributed by atoms with Crippen LogP contribution in [-0.2, 0) is 38.4 Å². The Balaban J connectivity index is 6.61. The number of carboxylic acid groups (broad SMARTS) is 8. The lowest BCUT2D eigenvalue weighted by atomic mass is 9.76. The first kappa shape index (κ1) is 47.7. The van der Waals surface area contributed by atoms with Gasteiger partial charge in [-0.2, -0.15) is 0 Å². The Morgan fingerprint density at radius 3 is 0.615 bits per heavy atom. The van der Waals surface area contributed by atoms with Crippen LogP contribution in [0.3, 0.4) is 0 Å². The van der Waals surface area contributed by atoms with Crippen molar-refractivity contribution < 1.29 is 89.4 Å². The average molecular weight is 751 g/mol. The number of rotatable bonds is 29. The van der Waals surface area contributed by atoms with Crippen molar-refractivity contribution in [1.82, 2.24) is 0 Å². The first-order valence-electron chi connectivity index (χ1n) is 17.1. The van der Waals surface area contributed by atoms with Crippen molar-refractivity contribution in [2.24, 2.45) is 59.2 Å². The molecule has 0 aliphatic heterocycles. The summed E-state index contributed by atoms with van der Waals surface area (Å²) < 4.78 is 0. The number of carbonyl (C=O) groups is 8. The van der Waals surface area contributed by atoms with Gasteiger partial charge in [-0.05, 0) is 76.0 Å². The molecule has 18 nitrogen and oxygen atoms in total. The van der Waals surface area contributed by atoms with E-state index < -0.39 is 132 Å². The fourth-order valence-electron chi connectivity index (χ4n) is 6.49. The molecule has 0 heterocycles. The monoisotopic (exact) mass is 750 g/mol. The van der Waals surface area contributed by atoms with E-state index in [9.17, 15) is 89.4 Å². The van der Waals surface area contributed by atoms with E-state index >= 15 is 0 Å². The topological polar surface area (TPSA) is 339 Å². The highest BCUT2D eigenvalue weighted by molar-refractivity contribution is 5.75. The second-order valence-electron chi connectivity index (χ2n) is 14.3. The minimum atomic E-state index is -1.76. The van der Waals surface area contributed by atoms with Crippen LogP contribution in [0.25, 0.3) is 0 Å². The van der Waals surface area contributed by atoms with E-state index in [1.807, 2.05) is 0 Å². The number of hydrogen-bond donors (Lipinski definition) is 10. The van der Waals surface area contributed by atoms with Crippen LogP contribution in [0, 0.1) is 59.2 Å². The quantitative estimate of drug-likeness (QED) is 0.0525. The molecule has 0 saturated heterocycles. The SMILES string of the molecule is CC(CC(CC(CC(CC(C)C(=O)O)C(=O)O)CC(O)C(O)CC(CC(CC(C)C(=O)O)C(=O)O)CC(CC(C)C(=O)O)C(=O)O)C(=O)O)C(=O)O. The van der Waals surface area contributed by atoms with Gasteiger partial charge in [-0.3, -0.25) is 38.4 Å². The predicted molar refractivity (Wildman–Crippen MR) is 177 cm³/mol. The van der Waals surface area contributed by atoms with E-state index in [1.165, 1.54) is 27.7 Å². The zero-order chi connectivity index (χ0) is 40.6. The molecule has 298 valence electrons. The third kappa shape index (κ3) is 17.7. The average Bonchev–Trinajstić information content (AvgIpc) is 3.02. The Labute approximate surface area is 300 Å². The van der Waals surface area contributed by atoms with Crippen LogP contribution in [0.1, 0.15) is 91.9 Å². The summed E-state index contributed by atoms with van der Waals surface area (Å²) in [6, 6.07) is 0. The van der Waals surface area contributed by atoms with Gasteiger partial charge in [0.25, 0.3) is 0 Å². The molecule has 0 aromatic rings. The Morgan fingerprint density at radius 2 is 0.481 bits per heavy atom. The Kier molecular flexibility index (Phi) is 20.7. The molecule has 0 saturated carbocycles. The molecule has 0 aromatic carbocycles. The van der Waals surface area contributed by atoms with E-state index in [4.69, 9.17) is 0 Å². The van der Waals surface area contributed by atoms with Crippen molar-refractivity contribution in [3.8, 4) is 0 Å². The van der Waals surface area contributed by atoms with E-state index in [-0.39, 0.29) is 51.4 Å². The number of carboxylic acids is 8. The maximum atomic E-state index is 12.1. The summed E-state index contributed by atoms with van der Waals surface area (Å²) in [5, 5.41) is 99.1. The lowest BCUT2D eigenvalue weighted by Crippen LogP contribution is -2.35. The second-order valence-corrected chi connectivity index (χ2v) is 14.3. The predicted octanol–water partition coefficient (Wildman–Crippen LogP) is 2.53. The second kappa shape index (κ2) is 22.6. The van der Waals surface area contributed by atoms with Gasteiger partial charge in [0.2, 0.25) is 0 Å². The van der Waals surface area contributed by atoms with Crippen molar-refractivity contribution in [2.45, 2.75) is 104 Å². The Bertz CT molecular complexity index is 1070. The lowest BCUT2D eigenvalue weighted by Gasteiger charge is -2.31. The number of aliphatic hydroxyl groups excluding tert-OH is 2. The summed E-state index contributed by atoms with van der Waals surface area (Å²) in [4.78, 5) is 94.3. The molecule has 0 radical (unpaired) electrons. The third-order valence-corrected chi connectivity index (χ3v) is 9.70. The number of hydrogen-bond acceptors (Lipinski definition) is 10. The summed E-state index contributed by atoms with van der Waals surface area (Å²) in [5.41, 5.74) is 0. The number of aliphatic carboxylic acids is 8. The van der Waals surface area contributed by atoms with Crippen LogP contribution in [-0.4, -0.2) is 111 Å². The first-order valence-corrected chi connectivity index (χ1v) is 17.1. The summed E-state index contributed by atoms with van der Waals surface area (Å²) in [5.74, 6) is -22.8. The highest BCUT2D eigenvalue weighted by Gasteiger charge is 2.36. The largest absolute Gasteiger partial charge is 0.481 e. The van der Waals surface area contributed by atoms with Crippen LogP contribution in [0.2, 0.25) is 0 Å². The Hall–Kier alpha value is -4.32. The molecule has 0 aliphatic carbocycles. The van der Waals surface area contributed by atoms with E-state index in [0.717, 1.165) is 0 Å². The van der Waals surface area contributed by atoms with Gasteiger partial charge in [-0.15, -0.1) is 0 Å².